The van der Waals surface area contributed by atoms with E-state index in [1.54, 1.807) is 0 Å². The van der Waals surface area contributed by atoms with E-state index >= 15 is 0 Å². The minimum atomic E-state index is -4.94. The lowest BCUT2D eigenvalue weighted by Gasteiger charge is -2.35. The highest BCUT2D eigenvalue weighted by Crippen LogP contribution is 2.43. The molecule has 0 aromatic heterocycles. The van der Waals surface area contributed by atoms with Crippen LogP contribution in [0.5, 0.6) is 0 Å². The number of benzene rings is 4. The Hall–Kier alpha value is -4.64. The van der Waals surface area contributed by atoms with Gasteiger partial charge in [-0.05, 0) is 0 Å². The first kappa shape index (κ1) is 39.2. The minimum Gasteiger partial charge on any atom is -0.379 e. The third-order valence-corrected chi connectivity index (χ3v) is 7.26. The molecule has 0 aliphatic heterocycles. The number of rotatable bonds is 8. The van der Waals surface area contributed by atoms with E-state index in [1.165, 1.54) is 0 Å². The largest absolute Gasteiger partial charge is 0.379 e. The molecular formula is C28H7F20NO2. The molecule has 276 valence electrons. The van der Waals surface area contributed by atoms with Gasteiger partial charge in [-0.15, -0.1) is 0 Å². The summed E-state index contributed by atoms with van der Waals surface area (Å²) < 4.78 is 287. The average Bonchev–Trinajstić information content (AvgIpc) is 3.08. The van der Waals surface area contributed by atoms with Crippen LogP contribution in [0.25, 0.3) is 0 Å². The van der Waals surface area contributed by atoms with E-state index in [9.17, 15) is 98.0 Å². The van der Waals surface area contributed by atoms with Crippen molar-refractivity contribution in [2.45, 2.75) is 11.2 Å². The molecule has 0 unspecified atom stereocenters. The highest BCUT2D eigenvalue weighted by atomic mass is 19.2. The van der Waals surface area contributed by atoms with Gasteiger partial charge in [0.1, 0.15) is 11.2 Å². The average molecular weight is 769 g/mol. The van der Waals surface area contributed by atoms with Gasteiger partial charge in [-0.25, -0.2) is 87.8 Å². The summed E-state index contributed by atoms with van der Waals surface area (Å²) in [4.78, 5) is 0. The molecule has 0 aliphatic rings. The zero-order valence-corrected chi connectivity index (χ0v) is 23.4. The topological polar surface area (TPSA) is 52.5 Å². The van der Waals surface area contributed by atoms with E-state index in [2.05, 4.69) is 0 Å². The maximum Gasteiger partial charge on any atom is 0.200 e. The Bertz CT molecular complexity index is 1730. The molecule has 23 heteroatoms. The summed E-state index contributed by atoms with van der Waals surface area (Å²) in [6.07, 6.45) is 0. The Morgan fingerprint density at radius 2 is 0.373 bits per heavy atom. The van der Waals surface area contributed by atoms with Crippen molar-refractivity contribution in [3.63, 3.8) is 0 Å². The second-order valence-corrected chi connectivity index (χ2v) is 10.1. The standard InChI is InChI=1S/C28H7F20NO2/c29-7-3(8(30)16(38)23(45)15(7)37)27(50,4-9(31)17(39)24(46)18(40)10(4)32)1-49-2-28(51,5-11(33)19(41)25(47)20(42)12(5)34)6-13(35)21(43)26(48)22(44)14(6)36/h49-51H,1-2H2. The van der Waals surface area contributed by atoms with Crippen LogP contribution in [-0.2, 0) is 11.2 Å². The molecule has 0 amide bonds. The molecule has 3 N–H and O–H groups in total. The van der Waals surface area contributed by atoms with E-state index < -0.39 is 163 Å². The molecular weight excluding hydrogens is 762 g/mol. The van der Waals surface area contributed by atoms with Crippen molar-refractivity contribution in [3.8, 4) is 0 Å². The second kappa shape index (κ2) is 13.2. The van der Waals surface area contributed by atoms with Crippen LogP contribution in [0.2, 0.25) is 0 Å². The summed E-state index contributed by atoms with van der Waals surface area (Å²) in [5.41, 5.74) is -21.6. The Morgan fingerprint density at radius 3 is 0.510 bits per heavy atom. The van der Waals surface area contributed by atoms with E-state index in [0.717, 1.165) is 5.32 Å². The van der Waals surface area contributed by atoms with Gasteiger partial charge in [-0.1, -0.05) is 0 Å². The van der Waals surface area contributed by atoms with Crippen LogP contribution in [0.1, 0.15) is 22.3 Å². The first-order valence-electron chi connectivity index (χ1n) is 12.6. The van der Waals surface area contributed by atoms with Crippen molar-refractivity contribution in [2.24, 2.45) is 0 Å². The fraction of sp³-hybridized carbons (Fsp3) is 0.143. The van der Waals surface area contributed by atoms with E-state index in [0.29, 0.717) is 0 Å². The molecule has 0 heterocycles. The Kier molecular flexibility index (Phi) is 10.1. The predicted molar refractivity (Wildman–Crippen MR) is 124 cm³/mol. The Morgan fingerprint density at radius 1 is 0.255 bits per heavy atom. The zero-order chi connectivity index (χ0) is 39.0. The molecule has 0 bridgehead atoms. The van der Waals surface area contributed by atoms with Gasteiger partial charge >= 0.3 is 0 Å². The minimum absolute atomic E-state index is 1.10. The Labute approximate surface area is 267 Å². The van der Waals surface area contributed by atoms with Gasteiger partial charge < -0.3 is 15.5 Å². The van der Waals surface area contributed by atoms with Crippen molar-refractivity contribution in [3.05, 3.63) is 139 Å². The van der Waals surface area contributed by atoms with E-state index in [1.807, 2.05) is 0 Å². The van der Waals surface area contributed by atoms with Crippen molar-refractivity contribution < 1.29 is 98.0 Å². The van der Waals surface area contributed by atoms with Crippen LogP contribution in [0, 0.1) is 116 Å². The van der Waals surface area contributed by atoms with Gasteiger partial charge in [-0.2, -0.15) is 0 Å². The quantitative estimate of drug-likeness (QED) is 0.101. The van der Waals surface area contributed by atoms with E-state index in [4.69, 9.17) is 0 Å². The number of aliphatic hydroxyl groups is 2. The van der Waals surface area contributed by atoms with Crippen LogP contribution in [0.15, 0.2) is 0 Å². The molecule has 0 saturated carbocycles. The van der Waals surface area contributed by atoms with Gasteiger partial charge in [0, 0.05) is 13.1 Å². The molecule has 0 fully saturated rings. The van der Waals surface area contributed by atoms with Crippen LogP contribution in [0.4, 0.5) is 87.8 Å². The number of nitrogens with one attached hydrogen (secondary N) is 1. The fourth-order valence-electron chi connectivity index (χ4n) is 4.90. The van der Waals surface area contributed by atoms with Gasteiger partial charge in [-0.3, -0.25) is 0 Å². The number of hydrogen-bond donors (Lipinski definition) is 3. The molecule has 4 rings (SSSR count). The second-order valence-electron chi connectivity index (χ2n) is 10.1. The SMILES string of the molecule is OC(CNCC(O)(c1c(F)c(F)c(F)c(F)c1F)c1c(F)c(F)c(F)c(F)c1F)(c1c(F)c(F)c(F)c(F)c1F)c1c(F)c(F)c(F)c(F)c1F. The fourth-order valence-corrected chi connectivity index (χ4v) is 4.90. The lowest BCUT2D eigenvalue weighted by Crippen LogP contribution is -2.49. The molecule has 0 aliphatic carbocycles. The van der Waals surface area contributed by atoms with Crippen LogP contribution >= 0.6 is 0 Å². The molecule has 0 radical (unpaired) electrons. The maximum absolute atomic E-state index is 14.9. The molecule has 3 nitrogen and oxygen atoms in total. The third kappa shape index (κ3) is 5.60. The van der Waals surface area contributed by atoms with Crippen molar-refractivity contribution >= 4 is 0 Å². The first-order chi connectivity index (χ1) is 23.4. The van der Waals surface area contributed by atoms with Gasteiger partial charge in [0.05, 0.1) is 22.3 Å². The summed E-state index contributed by atoms with van der Waals surface area (Å²) in [5, 5.41) is 23.3. The Balaban J connectivity index is 2.09. The van der Waals surface area contributed by atoms with Crippen molar-refractivity contribution in [1.82, 2.24) is 5.32 Å². The molecule has 0 spiro atoms. The van der Waals surface area contributed by atoms with Crippen LogP contribution < -0.4 is 5.32 Å². The van der Waals surface area contributed by atoms with E-state index in [-0.39, 0.29) is 0 Å². The lowest BCUT2D eigenvalue weighted by molar-refractivity contribution is 0.0341. The molecule has 4 aromatic carbocycles. The number of hydrogen-bond acceptors (Lipinski definition) is 3. The third-order valence-electron chi connectivity index (χ3n) is 7.26. The zero-order valence-electron chi connectivity index (χ0n) is 23.4. The summed E-state index contributed by atoms with van der Waals surface area (Å²) in [5.74, 6) is -63.5. The predicted octanol–water partition coefficient (Wildman–Crippen LogP) is 7.23. The normalized spacial score (nSPS) is 12.4. The highest BCUT2D eigenvalue weighted by molar-refractivity contribution is 5.44. The summed E-state index contributed by atoms with van der Waals surface area (Å²) in [6, 6.07) is 0. The summed E-state index contributed by atoms with van der Waals surface area (Å²) in [7, 11) is 0. The molecule has 0 atom stereocenters. The van der Waals surface area contributed by atoms with Crippen molar-refractivity contribution in [2.75, 3.05) is 13.1 Å². The van der Waals surface area contributed by atoms with Crippen LogP contribution in [0.3, 0.4) is 0 Å². The molecule has 4 aromatic rings. The van der Waals surface area contributed by atoms with Crippen LogP contribution in [-0.4, -0.2) is 23.3 Å². The van der Waals surface area contributed by atoms with Gasteiger partial charge in [0.15, 0.2) is 93.1 Å². The van der Waals surface area contributed by atoms with Gasteiger partial charge in [0.2, 0.25) is 23.3 Å². The smallest absolute Gasteiger partial charge is 0.200 e. The molecule has 51 heavy (non-hydrogen) atoms. The molecule has 0 saturated heterocycles. The highest BCUT2D eigenvalue weighted by Gasteiger charge is 2.50. The first-order valence-corrected chi connectivity index (χ1v) is 12.6. The maximum atomic E-state index is 14.9. The van der Waals surface area contributed by atoms with Gasteiger partial charge in [0.25, 0.3) is 0 Å². The lowest BCUT2D eigenvalue weighted by atomic mass is 9.82. The number of halogens is 20. The monoisotopic (exact) mass is 769 g/mol. The summed E-state index contributed by atoms with van der Waals surface area (Å²) in [6.45, 7) is -5.28. The summed E-state index contributed by atoms with van der Waals surface area (Å²) >= 11 is 0. The van der Waals surface area contributed by atoms with Crippen molar-refractivity contribution in [1.29, 1.82) is 0 Å².